The number of carbonyl (C=O) groups excluding carboxylic acids is 1. The van der Waals surface area contributed by atoms with Gasteiger partial charge in [-0.25, -0.2) is 0 Å². The number of piperazine rings is 1. The second-order valence-corrected chi connectivity index (χ2v) is 5.49. The molecule has 1 aromatic rings. The molecule has 114 valence electrons. The fraction of sp³-hybridized carbons (Fsp3) is 0.471. The fourth-order valence-electron chi connectivity index (χ4n) is 2.46. The average Bonchev–Trinajstić information content (AvgIpc) is 2.50. The minimum Gasteiger partial charge on any atom is -0.481 e. The molecular formula is C17H24N2O2. The number of ether oxygens (including phenoxy) is 1. The van der Waals surface area contributed by atoms with Crippen molar-refractivity contribution < 1.29 is 9.53 Å². The van der Waals surface area contributed by atoms with Gasteiger partial charge in [0.2, 0.25) is 0 Å². The van der Waals surface area contributed by atoms with Gasteiger partial charge in [-0.05, 0) is 26.0 Å². The minimum atomic E-state index is -0.446. The van der Waals surface area contributed by atoms with E-state index < -0.39 is 6.10 Å². The van der Waals surface area contributed by atoms with E-state index in [4.69, 9.17) is 4.74 Å². The van der Waals surface area contributed by atoms with Gasteiger partial charge < -0.3 is 9.64 Å². The lowest BCUT2D eigenvalue weighted by Crippen LogP contribution is -2.51. The number of carbonyl (C=O) groups is 1. The van der Waals surface area contributed by atoms with Gasteiger partial charge in [0, 0.05) is 32.7 Å². The molecule has 4 heteroatoms. The predicted molar refractivity (Wildman–Crippen MR) is 84.5 cm³/mol. The SMILES string of the molecule is C=CCN1CCN(C(=O)[C@@H](C)Oc2ccc(C)cc2)CC1. The van der Waals surface area contributed by atoms with Crippen LogP contribution in [0.25, 0.3) is 0 Å². The van der Waals surface area contributed by atoms with Gasteiger partial charge in [-0.1, -0.05) is 23.8 Å². The smallest absolute Gasteiger partial charge is 0.263 e. The van der Waals surface area contributed by atoms with Crippen LogP contribution in [0.15, 0.2) is 36.9 Å². The van der Waals surface area contributed by atoms with Crippen molar-refractivity contribution in [1.82, 2.24) is 9.80 Å². The first-order valence-corrected chi connectivity index (χ1v) is 7.45. The van der Waals surface area contributed by atoms with Crippen LogP contribution in [0.1, 0.15) is 12.5 Å². The predicted octanol–water partition coefficient (Wildman–Crippen LogP) is 2.09. The van der Waals surface area contributed by atoms with E-state index in [0.717, 1.165) is 38.5 Å². The topological polar surface area (TPSA) is 32.8 Å². The van der Waals surface area contributed by atoms with Crippen LogP contribution in [0.2, 0.25) is 0 Å². The lowest BCUT2D eigenvalue weighted by atomic mass is 10.2. The Morgan fingerprint density at radius 2 is 1.90 bits per heavy atom. The molecule has 0 N–H and O–H groups in total. The van der Waals surface area contributed by atoms with E-state index in [2.05, 4.69) is 11.5 Å². The van der Waals surface area contributed by atoms with E-state index >= 15 is 0 Å². The van der Waals surface area contributed by atoms with Gasteiger partial charge in [0.1, 0.15) is 5.75 Å². The van der Waals surface area contributed by atoms with Crippen molar-refractivity contribution in [2.24, 2.45) is 0 Å². The summed E-state index contributed by atoms with van der Waals surface area (Å²) >= 11 is 0. The summed E-state index contributed by atoms with van der Waals surface area (Å²) in [5, 5.41) is 0. The molecule has 0 spiro atoms. The van der Waals surface area contributed by atoms with E-state index in [9.17, 15) is 4.79 Å². The Morgan fingerprint density at radius 1 is 1.29 bits per heavy atom. The molecule has 0 aromatic heterocycles. The molecule has 0 radical (unpaired) electrons. The molecule has 1 aliphatic rings. The summed E-state index contributed by atoms with van der Waals surface area (Å²) in [7, 11) is 0. The van der Waals surface area contributed by atoms with Crippen molar-refractivity contribution in [3.05, 3.63) is 42.5 Å². The molecule has 1 aromatic carbocycles. The number of benzene rings is 1. The number of hydrogen-bond acceptors (Lipinski definition) is 3. The monoisotopic (exact) mass is 288 g/mol. The number of rotatable bonds is 5. The molecule has 0 bridgehead atoms. The fourth-order valence-corrected chi connectivity index (χ4v) is 2.46. The van der Waals surface area contributed by atoms with Crippen LogP contribution in [0.5, 0.6) is 5.75 Å². The van der Waals surface area contributed by atoms with Gasteiger partial charge in [0.05, 0.1) is 0 Å². The summed E-state index contributed by atoms with van der Waals surface area (Å²) in [6.07, 6.45) is 1.46. The highest BCUT2D eigenvalue weighted by Crippen LogP contribution is 2.15. The van der Waals surface area contributed by atoms with E-state index in [1.807, 2.05) is 49.1 Å². The van der Waals surface area contributed by atoms with Gasteiger partial charge in [-0.2, -0.15) is 0 Å². The molecule has 1 saturated heterocycles. The molecule has 4 nitrogen and oxygen atoms in total. The molecule has 1 aliphatic heterocycles. The van der Waals surface area contributed by atoms with Crippen LogP contribution >= 0.6 is 0 Å². The molecule has 0 aliphatic carbocycles. The number of hydrogen-bond donors (Lipinski definition) is 0. The van der Waals surface area contributed by atoms with Gasteiger partial charge >= 0.3 is 0 Å². The lowest BCUT2D eigenvalue weighted by molar-refractivity contribution is -0.139. The molecule has 21 heavy (non-hydrogen) atoms. The molecule has 0 unspecified atom stereocenters. The Labute approximate surface area is 127 Å². The molecule has 0 saturated carbocycles. The summed E-state index contributed by atoms with van der Waals surface area (Å²) in [4.78, 5) is 16.6. The van der Waals surface area contributed by atoms with E-state index in [-0.39, 0.29) is 5.91 Å². The highest BCUT2D eigenvalue weighted by Gasteiger charge is 2.25. The normalized spacial score (nSPS) is 17.3. The minimum absolute atomic E-state index is 0.0637. The Kier molecular flexibility index (Phi) is 5.39. The first-order valence-electron chi connectivity index (χ1n) is 7.45. The zero-order valence-corrected chi connectivity index (χ0v) is 12.9. The highest BCUT2D eigenvalue weighted by molar-refractivity contribution is 5.81. The summed E-state index contributed by atoms with van der Waals surface area (Å²) in [6.45, 7) is 11.8. The number of nitrogens with zero attached hydrogens (tertiary/aromatic N) is 2. The van der Waals surface area contributed by atoms with Crippen LogP contribution in [0.4, 0.5) is 0 Å². The van der Waals surface area contributed by atoms with Crippen molar-refractivity contribution in [2.45, 2.75) is 20.0 Å². The zero-order valence-electron chi connectivity index (χ0n) is 12.9. The van der Waals surface area contributed by atoms with Gasteiger partial charge in [0.25, 0.3) is 5.91 Å². The standard InChI is InChI=1S/C17H24N2O2/c1-4-9-18-10-12-19(13-11-18)17(20)15(3)21-16-7-5-14(2)6-8-16/h4-8,15H,1,9-13H2,2-3H3/t15-/m1/s1. The number of amides is 1. The van der Waals surface area contributed by atoms with Crippen molar-refractivity contribution in [2.75, 3.05) is 32.7 Å². The third-order valence-electron chi connectivity index (χ3n) is 3.75. The molecule has 1 fully saturated rings. The summed E-state index contributed by atoms with van der Waals surface area (Å²) < 4.78 is 5.74. The molecular weight excluding hydrogens is 264 g/mol. The van der Waals surface area contributed by atoms with E-state index in [1.165, 1.54) is 5.56 Å². The van der Waals surface area contributed by atoms with Gasteiger partial charge in [-0.15, -0.1) is 6.58 Å². The Hall–Kier alpha value is -1.81. The first kappa shape index (κ1) is 15.6. The van der Waals surface area contributed by atoms with E-state index in [1.54, 1.807) is 0 Å². The second-order valence-electron chi connectivity index (χ2n) is 5.49. The van der Waals surface area contributed by atoms with Crippen LogP contribution in [0, 0.1) is 6.92 Å². The van der Waals surface area contributed by atoms with Crippen LogP contribution < -0.4 is 4.74 Å². The van der Waals surface area contributed by atoms with Gasteiger partial charge in [0.15, 0.2) is 6.10 Å². The third kappa shape index (κ3) is 4.33. The van der Waals surface area contributed by atoms with Crippen LogP contribution in [-0.4, -0.2) is 54.5 Å². The number of aryl methyl sites for hydroxylation is 1. The van der Waals surface area contributed by atoms with Gasteiger partial charge in [-0.3, -0.25) is 9.69 Å². The summed E-state index contributed by atoms with van der Waals surface area (Å²) in [5.41, 5.74) is 1.18. The van der Waals surface area contributed by atoms with Crippen molar-refractivity contribution in [3.8, 4) is 5.75 Å². The first-order chi connectivity index (χ1) is 10.1. The molecule has 2 rings (SSSR count). The molecule has 1 heterocycles. The van der Waals surface area contributed by atoms with Crippen molar-refractivity contribution in [3.63, 3.8) is 0 Å². The Bertz CT molecular complexity index is 476. The van der Waals surface area contributed by atoms with Crippen molar-refractivity contribution in [1.29, 1.82) is 0 Å². The average molecular weight is 288 g/mol. The zero-order chi connectivity index (χ0) is 15.2. The lowest BCUT2D eigenvalue weighted by Gasteiger charge is -2.35. The highest BCUT2D eigenvalue weighted by atomic mass is 16.5. The van der Waals surface area contributed by atoms with Crippen LogP contribution in [0.3, 0.4) is 0 Å². The molecule has 1 amide bonds. The second kappa shape index (κ2) is 7.27. The third-order valence-corrected chi connectivity index (χ3v) is 3.75. The summed E-state index contributed by atoms with van der Waals surface area (Å²) in [5.74, 6) is 0.806. The molecule has 1 atom stereocenters. The summed E-state index contributed by atoms with van der Waals surface area (Å²) in [6, 6.07) is 7.78. The quantitative estimate of drug-likeness (QED) is 0.778. The maximum atomic E-state index is 12.4. The Balaban J connectivity index is 1.85. The van der Waals surface area contributed by atoms with E-state index in [0.29, 0.717) is 0 Å². The maximum Gasteiger partial charge on any atom is 0.263 e. The largest absolute Gasteiger partial charge is 0.481 e. The van der Waals surface area contributed by atoms with Crippen LogP contribution in [-0.2, 0) is 4.79 Å². The maximum absolute atomic E-state index is 12.4. The Morgan fingerprint density at radius 3 is 2.48 bits per heavy atom. The van der Waals surface area contributed by atoms with Crippen molar-refractivity contribution >= 4 is 5.91 Å².